The third kappa shape index (κ3) is 8.74. The molecule has 0 nitrogen and oxygen atoms in total. The molecule has 0 amide bonds. The van der Waals surface area contributed by atoms with Gasteiger partial charge in [0.2, 0.25) is 0 Å². The molecule has 8 rings (SSSR count). The summed E-state index contributed by atoms with van der Waals surface area (Å²) in [5.41, 5.74) is 10.7. The van der Waals surface area contributed by atoms with E-state index in [2.05, 4.69) is 213 Å². The number of hydrogen-bond donors (Lipinski definition) is 0. The first-order valence-electron chi connectivity index (χ1n) is 18.9. The Hall–Kier alpha value is -4.86. The van der Waals surface area contributed by atoms with Gasteiger partial charge in [-0.25, -0.2) is 0 Å². The van der Waals surface area contributed by atoms with E-state index in [0.717, 1.165) is 0 Å². The Morgan fingerprint density at radius 2 is 0.463 bits per heavy atom. The minimum atomic E-state index is -0.584. The molecular weight excluding hydrogens is 687 g/mol. The number of fused-ring (bicyclic) bond motifs is 2. The van der Waals surface area contributed by atoms with Crippen LogP contribution in [0.15, 0.2) is 158 Å². The van der Waals surface area contributed by atoms with Gasteiger partial charge in [0.25, 0.3) is 0 Å². The predicted molar refractivity (Wildman–Crippen MR) is 243 cm³/mol. The van der Waals surface area contributed by atoms with Gasteiger partial charge in [-0.05, 0) is 137 Å². The van der Waals surface area contributed by atoms with Crippen molar-refractivity contribution in [1.29, 1.82) is 0 Å². The molecule has 0 aliphatic heterocycles. The second-order valence-corrected chi connectivity index (χ2v) is 19.6. The van der Waals surface area contributed by atoms with Crippen LogP contribution >= 0.6 is 15.8 Å². The summed E-state index contributed by atoms with van der Waals surface area (Å²) < 4.78 is 0. The molecule has 8 aromatic carbocycles. The second kappa shape index (κ2) is 16.2. The van der Waals surface area contributed by atoms with Crippen molar-refractivity contribution >= 4 is 69.2 Å². The molecule has 0 fully saturated rings. The molecule has 0 saturated carbocycles. The van der Waals surface area contributed by atoms with Crippen LogP contribution in [0.1, 0.15) is 44.5 Å². The van der Waals surface area contributed by atoms with Crippen LogP contribution in [0, 0.1) is 55.4 Å². The zero-order valence-corrected chi connectivity index (χ0v) is 34.7. The monoisotopic (exact) mass is 736 g/mol. The van der Waals surface area contributed by atoms with E-state index in [4.69, 9.17) is 0 Å². The van der Waals surface area contributed by atoms with Crippen LogP contribution in [0.2, 0.25) is 0 Å². The molecule has 0 spiro atoms. The molecule has 8 aromatic rings. The topological polar surface area (TPSA) is 0 Å². The number of aryl methyl sites for hydroxylation is 8. The van der Waals surface area contributed by atoms with Gasteiger partial charge in [-0.15, -0.1) is 0 Å². The van der Waals surface area contributed by atoms with Crippen LogP contribution < -0.4 is 31.8 Å². The highest BCUT2D eigenvalue weighted by Gasteiger charge is 2.20. The maximum absolute atomic E-state index is 2.39. The molecule has 0 aliphatic rings. The van der Waals surface area contributed by atoms with Crippen molar-refractivity contribution in [3.05, 3.63) is 202 Å². The zero-order chi connectivity index (χ0) is 37.9. The quantitative estimate of drug-likeness (QED) is 0.149. The van der Waals surface area contributed by atoms with E-state index in [0.29, 0.717) is 0 Å². The molecule has 0 aromatic heterocycles. The fourth-order valence-corrected chi connectivity index (χ4v) is 13.3. The van der Waals surface area contributed by atoms with E-state index < -0.39 is 15.8 Å². The lowest BCUT2D eigenvalue weighted by Crippen LogP contribution is -2.22. The van der Waals surface area contributed by atoms with E-state index in [-0.39, 0.29) is 0 Å². The van der Waals surface area contributed by atoms with Gasteiger partial charge in [-0.2, -0.15) is 0 Å². The first kappa shape index (κ1) is 37.5. The molecule has 0 unspecified atom stereocenters. The van der Waals surface area contributed by atoms with Crippen molar-refractivity contribution < 1.29 is 0 Å². The van der Waals surface area contributed by atoms with Crippen LogP contribution in [0.5, 0.6) is 0 Å². The van der Waals surface area contributed by atoms with Crippen LogP contribution in [-0.4, -0.2) is 0 Å². The molecule has 268 valence electrons. The van der Waals surface area contributed by atoms with E-state index in [1.165, 1.54) is 97.9 Å². The van der Waals surface area contributed by atoms with Crippen LogP contribution in [0.3, 0.4) is 0 Å². The molecule has 2 heteroatoms. The van der Waals surface area contributed by atoms with Crippen molar-refractivity contribution in [1.82, 2.24) is 0 Å². The molecule has 0 saturated heterocycles. The van der Waals surface area contributed by atoms with E-state index >= 15 is 0 Å². The average Bonchev–Trinajstić information content (AvgIpc) is 3.10. The second-order valence-electron chi connectivity index (χ2n) is 15.1. The molecule has 0 bridgehead atoms. The van der Waals surface area contributed by atoms with Crippen molar-refractivity contribution in [3.8, 4) is 0 Å². The Kier molecular flexibility index (Phi) is 11.3. The van der Waals surface area contributed by atoms with E-state index in [9.17, 15) is 0 Å². The van der Waals surface area contributed by atoms with Crippen molar-refractivity contribution in [2.75, 3.05) is 0 Å². The third-order valence-corrected chi connectivity index (χ3v) is 14.5. The summed E-state index contributed by atoms with van der Waals surface area (Å²) in [6.45, 7) is 17.6. The van der Waals surface area contributed by atoms with Gasteiger partial charge in [-0.3, -0.25) is 0 Å². The summed E-state index contributed by atoms with van der Waals surface area (Å²) in [5.74, 6) is 0. The predicted octanol–water partition coefficient (Wildman–Crippen LogP) is 11.7. The van der Waals surface area contributed by atoms with Crippen molar-refractivity contribution in [2.24, 2.45) is 0 Å². The van der Waals surface area contributed by atoms with Gasteiger partial charge in [0.1, 0.15) is 0 Å². The molecule has 0 atom stereocenters. The van der Waals surface area contributed by atoms with Crippen LogP contribution in [0.25, 0.3) is 21.5 Å². The first-order valence-corrected chi connectivity index (χ1v) is 21.6. The summed E-state index contributed by atoms with van der Waals surface area (Å²) in [5, 5.41) is 13.8. The maximum atomic E-state index is 2.39. The first-order chi connectivity index (χ1) is 26.0. The minimum absolute atomic E-state index is 0.584. The summed E-state index contributed by atoms with van der Waals surface area (Å²) in [6.07, 6.45) is 0. The van der Waals surface area contributed by atoms with Crippen molar-refractivity contribution in [2.45, 2.75) is 55.4 Å². The molecule has 0 radical (unpaired) electrons. The highest BCUT2D eigenvalue weighted by atomic mass is 31.1. The lowest BCUT2D eigenvalue weighted by Gasteiger charge is -2.22. The lowest BCUT2D eigenvalue weighted by atomic mass is 10.1. The normalized spacial score (nSPS) is 11.3. The van der Waals surface area contributed by atoms with Gasteiger partial charge >= 0.3 is 0 Å². The standard InChI is InChI=1S/2C26H25P/c2*1-18-11-19(2)14-25(13-18)27(26-15-20(3)12-21(4)16-26)24-10-9-22-7-5-6-8-23(22)17-24/h2*5-17H,1-4H3. The van der Waals surface area contributed by atoms with E-state index in [1.54, 1.807) is 0 Å². The fraction of sp³-hybridized carbons (Fsp3) is 0.154. The molecular formula is C52H50P2. The van der Waals surface area contributed by atoms with Gasteiger partial charge in [-0.1, -0.05) is 190 Å². The van der Waals surface area contributed by atoms with Crippen LogP contribution in [0.4, 0.5) is 0 Å². The summed E-state index contributed by atoms with van der Waals surface area (Å²) >= 11 is 0. The summed E-state index contributed by atoms with van der Waals surface area (Å²) in [7, 11) is -1.17. The van der Waals surface area contributed by atoms with Crippen molar-refractivity contribution in [3.63, 3.8) is 0 Å². The summed E-state index contributed by atoms with van der Waals surface area (Å²) in [4.78, 5) is 0. The van der Waals surface area contributed by atoms with Gasteiger partial charge in [0.05, 0.1) is 0 Å². The van der Waals surface area contributed by atoms with Gasteiger partial charge < -0.3 is 0 Å². The SMILES string of the molecule is Cc1cc(C)cc(P(c2cc(C)cc(C)c2)c2ccc3ccccc3c2)c1.Cc1cc(C)cc(P(c2cc(C)cc(C)c2)c2ccc3ccccc3c2)c1. The molecule has 0 heterocycles. The van der Waals surface area contributed by atoms with Gasteiger partial charge in [0, 0.05) is 0 Å². The highest BCUT2D eigenvalue weighted by molar-refractivity contribution is 7.80. The zero-order valence-electron chi connectivity index (χ0n) is 32.9. The van der Waals surface area contributed by atoms with Crippen LogP contribution in [-0.2, 0) is 0 Å². The summed E-state index contributed by atoms with van der Waals surface area (Å²) in [6, 6.07) is 59.2. The Balaban J connectivity index is 0.000000167. The van der Waals surface area contributed by atoms with E-state index in [1.807, 2.05) is 0 Å². The highest BCUT2D eigenvalue weighted by Crippen LogP contribution is 2.37. The third-order valence-electron chi connectivity index (χ3n) is 9.84. The molecule has 0 N–H and O–H groups in total. The number of benzene rings is 8. The molecule has 54 heavy (non-hydrogen) atoms. The average molecular weight is 737 g/mol. The number of hydrogen-bond acceptors (Lipinski definition) is 0. The molecule has 0 aliphatic carbocycles. The Morgan fingerprint density at radius 3 is 0.722 bits per heavy atom. The minimum Gasteiger partial charge on any atom is -0.0616 e. The Morgan fingerprint density at radius 1 is 0.222 bits per heavy atom. The Labute approximate surface area is 325 Å². The fourth-order valence-electron chi connectivity index (χ4n) is 7.85. The largest absolute Gasteiger partial charge is 0.0616 e. The number of rotatable bonds is 6. The smallest absolute Gasteiger partial charge is 0.0134 e. The lowest BCUT2D eigenvalue weighted by molar-refractivity contribution is 1.40. The van der Waals surface area contributed by atoms with Gasteiger partial charge in [0.15, 0.2) is 0 Å². The maximum Gasteiger partial charge on any atom is -0.0134 e. The Bertz CT molecular complexity index is 2250.